The summed E-state index contributed by atoms with van der Waals surface area (Å²) in [5.41, 5.74) is 27.7. The molecule has 1 aliphatic rings. The Balaban J connectivity index is 0.00000251. The third kappa shape index (κ3) is 15.9. The standard InChI is InChI=1S/C40H60N2.2C4H9.Ni/c1-9-13-17-20-24-38-37(21-16-12-4)39(33-25-29(5)35(30(6)26-33)22-18-14-10-2)42(41)40(38)34-27-31(7)36(32(8)28-34)23-19-15-11-3;2*1-3-4-2;/h25-28H,9-24H2,1-8H3;2*1,3-4H2,2H3;/q;2*-1;+2. The van der Waals surface area contributed by atoms with Gasteiger partial charge in [-0.05, 0) is 137 Å². The van der Waals surface area contributed by atoms with Crippen LogP contribution in [-0.2, 0) is 29.3 Å². The maximum atomic E-state index is 12.2. The minimum absolute atomic E-state index is 0. The van der Waals surface area contributed by atoms with E-state index in [1.807, 2.05) is 0 Å². The Kier molecular flexibility index (Phi) is 27.4. The first-order chi connectivity index (χ1) is 24.1. The van der Waals surface area contributed by atoms with E-state index in [2.05, 4.69) is 107 Å². The average Bonchev–Trinajstić information content (AvgIpc) is 3.38. The Morgan fingerprint density at radius 2 is 0.745 bits per heavy atom. The van der Waals surface area contributed by atoms with Gasteiger partial charge in [-0.25, -0.2) is 4.70 Å². The van der Waals surface area contributed by atoms with E-state index in [4.69, 9.17) is 0 Å². The van der Waals surface area contributed by atoms with Crippen molar-refractivity contribution >= 4 is 11.4 Å². The van der Waals surface area contributed by atoms with Crippen LogP contribution in [0.15, 0.2) is 35.4 Å². The van der Waals surface area contributed by atoms with Gasteiger partial charge in [-0.1, -0.05) is 106 Å². The molecule has 2 aromatic rings. The van der Waals surface area contributed by atoms with Crippen molar-refractivity contribution in [2.45, 2.75) is 198 Å². The Morgan fingerprint density at radius 3 is 1.06 bits per heavy atom. The fraction of sp³-hybridized carbons (Fsp3) is 0.625. The maximum Gasteiger partial charge on any atom is 2.00 e. The third-order valence-electron chi connectivity index (χ3n) is 10.1. The molecule has 0 aromatic heterocycles. The van der Waals surface area contributed by atoms with Crippen molar-refractivity contribution in [3.8, 4) is 0 Å². The summed E-state index contributed by atoms with van der Waals surface area (Å²) < 4.78 is 1.59. The molecule has 0 unspecified atom stereocenters. The molecule has 0 N–H and O–H groups in total. The maximum absolute atomic E-state index is 12.2. The number of nitrogens with zero attached hydrogens (tertiary/aromatic N) is 2. The van der Waals surface area contributed by atoms with Crippen molar-refractivity contribution in [1.82, 2.24) is 0 Å². The zero-order valence-corrected chi connectivity index (χ0v) is 36.1. The van der Waals surface area contributed by atoms with Crippen LogP contribution in [0.25, 0.3) is 16.9 Å². The smallest absolute Gasteiger partial charge is 0.493 e. The molecule has 0 fully saturated rings. The van der Waals surface area contributed by atoms with Crippen LogP contribution in [0.3, 0.4) is 0 Å². The van der Waals surface area contributed by atoms with E-state index >= 15 is 0 Å². The van der Waals surface area contributed by atoms with Gasteiger partial charge in [0.05, 0.1) is 0 Å². The molecule has 0 bridgehead atoms. The fourth-order valence-electron chi connectivity index (χ4n) is 7.02. The van der Waals surface area contributed by atoms with Crippen molar-refractivity contribution in [2.24, 2.45) is 0 Å². The number of aryl methyl sites for hydroxylation is 4. The van der Waals surface area contributed by atoms with Gasteiger partial charge in [-0.15, -0.1) is 0 Å². The van der Waals surface area contributed by atoms with Crippen LogP contribution >= 0.6 is 0 Å². The van der Waals surface area contributed by atoms with Gasteiger partial charge in [0, 0.05) is 22.3 Å². The van der Waals surface area contributed by atoms with Crippen molar-refractivity contribution in [2.75, 3.05) is 0 Å². The Labute approximate surface area is 328 Å². The van der Waals surface area contributed by atoms with E-state index in [0.717, 1.165) is 62.8 Å². The minimum atomic E-state index is 0. The number of unbranched alkanes of at least 4 members (excludes halogenated alkanes) is 10. The molecule has 0 saturated heterocycles. The summed E-state index contributed by atoms with van der Waals surface area (Å²) in [4.78, 5) is 0. The molecule has 0 radical (unpaired) electrons. The van der Waals surface area contributed by atoms with E-state index in [9.17, 15) is 5.53 Å². The van der Waals surface area contributed by atoms with E-state index in [1.54, 1.807) is 4.70 Å². The second kappa shape index (κ2) is 28.5. The first-order valence-electron chi connectivity index (χ1n) is 20.9. The van der Waals surface area contributed by atoms with Crippen molar-refractivity contribution in [3.63, 3.8) is 0 Å². The molecule has 2 aromatic carbocycles. The summed E-state index contributed by atoms with van der Waals surface area (Å²) in [5.74, 6) is 0. The van der Waals surface area contributed by atoms with Gasteiger partial charge in [0.2, 0.25) is 11.4 Å². The molecule has 290 valence electrons. The summed E-state index contributed by atoms with van der Waals surface area (Å²) >= 11 is 0. The van der Waals surface area contributed by atoms with Crippen LogP contribution in [0.5, 0.6) is 0 Å². The molecule has 51 heavy (non-hydrogen) atoms. The van der Waals surface area contributed by atoms with Gasteiger partial charge in [0.1, 0.15) is 0 Å². The quantitative estimate of drug-likeness (QED) is 0.0559. The average molecular weight is 742 g/mol. The monoisotopic (exact) mass is 741 g/mol. The van der Waals surface area contributed by atoms with Crippen LogP contribution in [0.2, 0.25) is 0 Å². The summed E-state index contributed by atoms with van der Waals surface area (Å²) in [6.07, 6.45) is 23.6. The molecule has 0 atom stereocenters. The number of allylic oxidation sites excluding steroid dienone is 2. The van der Waals surface area contributed by atoms with Gasteiger partial charge < -0.3 is 19.4 Å². The molecule has 0 saturated carbocycles. The summed E-state index contributed by atoms with van der Waals surface area (Å²) in [6, 6.07) is 9.41. The van der Waals surface area contributed by atoms with Gasteiger partial charge in [0.25, 0.3) is 0 Å². The number of benzene rings is 2. The molecule has 1 heterocycles. The van der Waals surface area contributed by atoms with Crippen molar-refractivity contribution in [3.05, 3.63) is 99.3 Å². The fourth-order valence-corrected chi connectivity index (χ4v) is 7.02. The SMILES string of the molecule is CCCCCCC1=C(c2cc(C)c(CCCCC)c(C)c2)[N+](=[N-])C(c2cc(C)c(CCCCC)c(C)c2)=C1CCCC.[CH2-]CCC.[CH2-]CCC.[Ni+2]. The van der Waals surface area contributed by atoms with Crippen LogP contribution in [0.4, 0.5) is 0 Å². The molecular formula is C48H78N2Ni. The van der Waals surface area contributed by atoms with Crippen LogP contribution in [0.1, 0.15) is 202 Å². The van der Waals surface area contributed by atoms with Gasteiger partial charge in [-0.3, -0.25) is 0 Å². The Bertz CT molecular complexity index is 1290. The molecule has 0 spiro atoms. The van der Waals surface area contributed by atoms with Gasteiger partial charge >= 0.3 is 16.5 Å². The second-order valence-electron chi connectivity index (χ2n) is 14.7. The molecular weight excluding hydrogens is 663 g/mol. The third-order valence-corrected chi connectivity index (χ3v) is 10.1. The molecule has 1 aliphatic heterocycles. The minimum Gasteiger partial charge on any atom is -0.493 e. The Morgan fingerprint density at radius 1 is 0.451 bits per heavy atom. The zero-order valence-electron chi connectivity index (χ0n) is 35.1. The normalized spacial score (nSPS) is 12.4. The molecule has 0 aliphatic carbocycles. The van der Waals surface area contributed by atoms with E-state index < -0.39 is 0 Å². The first-order valence-corrected chi connectivity index (χ1v) is 20.9. The predicted octanol–water partition coefficient (Wildman–Crippen LogP) is 16.0. The van der Waals surface area contributed by atoms with Crippen LogP contribution in [0, 0.1) is 41.5 Å². The summed E-state index contributed by atoms with van der Waals surface area (Å²) in [5, 5.41) is 0. The van der Waals surface area contributed by atoms with Crippen molar-refractivity contribution < 1.29 is 21.2 Å². The summed E-state index contributed by atoms with van der Waals surface area (Å²) in [7, 11) is 0. The number of hydrogen-bond acceptors (Lipinski definition) is 0. The predicted molar refractivity (Wildman–Crippen MR) is 225 cm³/mol. The first kappa shape index (κ1) is 49.0. The number of hydrogen-bond donors (Lipinski definition) is 0. The van der Waals surface area contributed by atoms with E-state index in [1.165, 1.54) is 133 Å². The van der Waals surface area contributed by atoms with Gasteiger partial charge in [0.15, 0.2) is 0 Å². The summed E-state index contributed by atoms with van der Waals surface area (Å²) in [6.45, 7) is 29.6. The topological polar surface area (TPSA) is 25.3 Å². The van der Waals surface area contributed by atoms with Crippen molar-refractivity contribution in [1.29, 1.82) is 0 Å². The van der Waals surface area contributed by atoms with E-state index in [-0.39, 0.29) is 16.5 Å². The molecule has 3 heteroatoms. The van der Waals surface area contributed by atoms with Crippen LogP contribution in [-0.4, -0.2) is 4.70 Å². The Hall–Kier alpha value is -1.99. The molecule has 3 rings (SSSR count). The largest absolute Gasteiger partial charge is 2.00 e. The number of rotatable bonds is 20. The molecule has 0 amide bonds. The molecule has 2 nitrogen and oxygen atoms in total. The van der Waals surface area contributed by atoms with E-state index in [0.29, 0.717) is 0 Å². The second-order valence-corrected chi connectivity index (χ2v) is 14.7. The van der Waals surface area contributed by atoms with Crippen LogP contribution < -0.4 is 0 Å². The zero-order chi connectivity index (χ0) is 37.5. The van der Waals surface area contributed by atoms with Gasteiger partial charge in [-0.2, -0.15) is 12.8 Å².